The SMILES string of the molecule is CC(C)c1ccccc1NCCC(=O)N1CCN(c2ncccn2)CC1. The fourth-order valence-corrected chi connectivity index (χ4v) is 3.23. The molecule has 0 saturated carbocycles. The molecule has 2 aromatic rings. The lowest BCUT2D eigenvalue weighted by Gasteiger charge is -2.34. The Morgan fingerprint density at radius 1 is 1.08 bits per heavy atom. The maximum atomic E-state index is 12.5. The zero-order valence-corrected chi connectivity index (χ0v) is 15.6. The number of hydrogen-bond acceptors (Lipinski definition) is 5. The molecule has 138 valence electrons. The second kappa shape index (κ2) is 8.65. The van der Waals surface area contributed by atoms with E-state index in [2.05, 4.69) is 52.2 Å². The van der Waals surface area contributed by atoms with E-state index in [0.717, 1.165) is 37.8 Å². The zero-order chi connectivity index (χ0) is 18.4. The van der Waals surface area contributed by atoms with Gasteiger partial charge in [0.2, 0.25) is 11.9 Å². The van der Waals surface area contributed by atoms with Crippen molar-refractivity contribution in [2.45, 2.75) is 26.2 Å². The summed E-state index contributed by atoms with van der Waals surface area (Å²) in [4.78, 5) is 25.1. The smallest absolute Gasteiger partial charge is 0.225 e. The molecule has 1 saturated heterocycles. The Morgan fingerprint density at radius 3 is 2.46 bits per heavy atom. The molecule has 2 heterocycles. The molecule has 26 heavy (non-hydrogen) atoms. The normalized spacial score (nSPS) is 14.6. The highest BCUT2D eigenvalue weighted by atomic mass is 16.2. The number of hydrogen-bond donors (Lipinski definition) is 1. The van der Waals surface area contributed by atoms with Crippen molar-refractivity contribution < 1.29 is 4.79 Å². The van der Waals surface area contributed by atoms with Crippen molar-refractivity contribution in [3.05, 3.63) is 48.3 Å². The molecule has 0 unspecified atom stereocenters. The summed E-state index contributed by atoms with van der Waals surface area (Å²) in [6.45, 7) is 8.02. The molecule has 1 amide bonds. The highest BCUT2D eigenvalue weighted by Crippen LogP contribution is 2.23. The molecule has 1 aliphatic rings. The molecule has 0 radical (unpaired) electrons. The number of carbonyl (C=O) groups excluding carboxylic acids is 1. The Hall–Kier alpha value is -2.63. The fraction of sp³-hybridized carbons (Fsp3) is 0.450. The Balaban J connectivity index is 1.45. The first kappa shape index (κ1) is 18.2. The summed E-state index contributed by atoms with van der Waals surface area (Å²) in [6.07, 6.45) is 4.01. The fourth-order valence-electron chi connectivity index (χ4n) is 3.23. The van der Waals surface area contributed by atoms with Crippen LogP contribution in [0.1, 0.15) is 31.7 Å². The van der Waals surface area contributed by atoms with Gasteiger partial charge in [-0.1, -0.05) is 32.0 Å². The van der Waals surface area contributed by atoms with Crippen LogP contribution in [0.2, 0.25) is 0 Å². The van der Waals surface area contributed by atoms with Gasteiger partial charge in [0.25, 0.3) is 0 Å². The number of piperazine rings is 1. The summed E-state index contributed by atoms with van der Waals surface area (Å²) < 4.78 is 0. The summed E-state index contributed by atoms with van der Waals surface area (Å²) in [5.41, 5.74) is 2.41. The molecule has 0 bridgehead atoms. The van der Waals surface area contributed by atoms with E-state index in [9.17, 15) is 4.79 Å². The number of amides is 1. The van der Waals surface area contributed by atoms with Crippen LogP contribution < -0.4 is 10.2 Å². The van der Waals surface area contributed by atoms with Crippen molar-refractivity contribution in [2.75, 3.05) is 42.9 Å². The van der Waals surface area contributed by atoms with Gasteiger partial charge >= 0.3 is 0 Å². The van der Waals surface area contributed by atoms with E-state index in [0.29, 0.717) is 18.9 Å². The molecule has 0 aliphatic carbocycles. The minimum atomic E-state index is 0.202. The molecular weight excluding hydrogens is 326 g/mol. The van der Waals surface area contributed by atoms with Crippen LogP contribution in [0, 0.1) is 0 Å². The summed E-state index contributed by atoms with van der Waals surface area (Å²) in [7, 11) is 0. The average Bonchev–Trinajstić information content (AvgIpc) is 2.69. The van der Waals surface area contributed by atoms with Crippen LogP contribution >= 0.6 is 0 Å². The maximum absolute atomic E-state index is 12.5. The number of aromatic nitrogens is 2. The molecule has 1 N–H and O–H groups in total. The first-order chi connectivity index (χ1) is 12.6. The van der Waals surface area contributed by atoms with E-state index in [4.69, 9.17) is 0 Å². The Kier molecular flexibility index (Phi) is 6.04. The molecule has 0 atom stereocenters. The molecule has 0 spiro atoms. The van der Waals surface area contributed by atoms with Crippen LogP contribution in [-0.4, -0.2) is 53.5 Å². The van der Waals surface area contributed by atoms with Crippen LogP contribution in [0.25, 0.3) is 0 Å². The number of nitrogens with zero attached hydrogens (tertiary/aromatic N) is 4. The lowest BCUT2D eigenvalue weighted by atomic mass is 10.0. The van der Waals surface area contributed by atoms with Gasteiger partial charge in [-0.05, 0) is 23.6 Å². The molecule has 1 aliphatic heterocycles. The van der Waals surface area contributed by atoms with E-state index in [-0.39, 0.29) is 5.91 Å². The van der Waals surface area contributed by atoms with Gasteiger partial charge < -0.3 is 15.1 Å². The molecule has 1 aromatic carbocycles. The standard InChI is InChI=1S/C20H27N5O/c1-16(2)17-6-3-4-7-18(17)21-11-8-19(26)24-12-14-25(15-13-24)20-22-9-5-10-23-20/h3-7,9-10,16,21H,8,11-15H2,1-2H3. The second-order valence-corrected chi connectivity index (χ2v) is 6.84. The third-order valence-corrected chi connectivity index (χ3v) is 4.70. The van der Waals surface area contributed by atoms with Gasteiger partial charge in [0.1, 0.15) is 0 Å². The highest BCUT2D eigenvalue weighted by Gasteiger charge is 2.22. The predicted molar refractivity (Wildman–Crippen MR) is 104 cm³/mol. The summed E-state index contributed by atoms with van der Waals surface area (Å²) in [6, 6.07) is 10.1. The van der Waals surface area contributed by atoms with Crippen molar-refractivity contribution in [2.24, 2.45) is 0 Å². The van der Waals surface area contributed by atoms with Crippen molar-refractivity contribution in [3.8, 4) is 0 Å². The number of anilines is 2. The third-order valence-electron chi connectivity index (χ3n) is 4.70. The minimum Gasteiger partial charge on any atom is -0.384 e. The van der Waals surface area contributed by atoms with Gasteiger partial charge in [0.05, 0.1) is 0 Å². The second-order valence-electron chi connectivity index (χ2n) is 6.84. The van der Waals surface area contributed by atoms with Crippen molar-refractivity contribution in [3.63, 3.8) is 0 Å². The monoisotopic (exact) mass is 353 g/mol. The van der Waals surface area contributed by atoms with Crippen molar-refractivity contribution in [1.82, 2.24) is 14.9 Å². The Labute approximate surface area is 155 Å². The quantitative estimate of drug-likeness (QED) is 0.865. The lowest BCUT2D eigenvalue weighted by Crippen LogP contribution is -2.49. The van der Waals surface area contributed by atoms with Gasteiger partial charge in [-0.3, -0.25) is 4.79 Å². The molecule has 6 nitrogen and oxygen atoms in total. The molecular formula is C20H27N5O. The van der Waals surface area contributed by atoms with E-state index < -0.39 is 0 Å². The summed E-state index contributed by atoms with van der Waals surface area (Å²) in [5, 5.41) is 3.42. The number of benzene rings is 1. The van der Waals surface area contributed by atoms with Crippen LogP contribution in [-0.2, 0) is 4.79 Å². The van der Waals surface area contributed by atoms with Crippen LogP contribution in [0.3, 0.4) is 0 Å². The number of rotatable bonds is 6. The molecule has 6 heteroatoms. The van der Waals surface area contributed by atoms with Gasteiger partial charge in [-0.2, -0.15) is 0 Å². The van der Waals surface area contributed by atoms with Crippen LogP contribution in [0.15, 0.2) is 42.7 Å². The van der Waals surface area contributed by atoms with E-state index >= 15 is 0 Å². The maximum Gasteiger partial charge on any atom is 0.225 e. The Bertz CT molecular complexity index is 711. The van der Waals surface area contributed by atoms with Crippen LogP contribution in [0.5, 0.6) is 0 Å². The largest absolute Gasteiger partial charge is 0.384 e. The van der Waals surface area contributed by atoms with Crippen molar-refractivity contribution >= 4 is 17.5 Å². The van der Waals surface area contributed by atoms with E-state index in [1.54, 1.807) is 12.4 Å². The van der Waals surface area contributed by atoms with Crippen LogP contribution in [0.4, 0.5) is 11.6 Å². The van der Waals surface area contributed by atoms with Crippen molar-refractivity contribution in [1.29, 1.82) is 0 Å². The van der Waals surface area contributed by atoms with Gasteiger partial charge in [0, 0.05) is 57.2 Å². The zero-order valence-electron chi connectivity index (χ0n) is 15.6. The average molecular weight is 353 g/mol. The van der Waals surface area contributed by atoms with Gasteiger partial charge in [-0.25, -0.2) is 9.97 Å². The number of nitrogens with one attached hydrogen (secondary N) is 1. The molecule has 3 rings (SSSR count). The van der Waals surface area contributed by atoms with Gasteiger partial charge in [0.15, 0.2) is 0 Å². The lowest BCUT2D eigenvalue weighted by molar-refractivity contribution is -0.131. The number of carbonyl (C=O) groups is 1. The summed E-state index contributed by atoms with van der Waals surface area (Å²) >= 11 is 0. The summed E-state index contributed by atoms with van der Waals surface area (Å²) in [5.74, 6) is 1.41. The highest BCUT2D eigenvalue weighted by molar-refractivity contribution is 5.77. The number of para-hydroxylation sites is 1. The third kappa shape index (κ3) is 4.50. The topological polar surface area (TPSA) is 61.4 Å². The minimum absolute atomic E-state index is 0.202. The first-order valence-electron chi connectivity index (χ1n) is 9.27. The van der Waals surface area contributed by atoms with E-state index in [1.807, 2.05) is 17.0 Å². The van der Waals surface area contributed by atoms with Gasteiger partial charge in [-0.15, -0.1) is 0 Å². The Morgan fingerprint density at radius 2 is 1.77 bits per heavy atom. The predicted octanol–water partition coefficient (Wildman–Crippen LogP) is 2.75. The molecule has 1 fully saturated rings. The first-order valence-corrected chi connectivity index (χ1v) is 9.27. The molecule has 1 aromatic heterocycles. The van der Waals surface area contributed by atoms with E-state index in [1.165, 1.54) is 5.56 Å².